The molecule has 8 nitrogen and oxygen atoms in total. The SMILES string of the molecule is O=C(c1ccc(Cn2cc([N+](=O)[O-])cn2)cc1)N1CCN2CCCC2C1. The summed E-state index contributed by atoms with van der Waals surface area (Å²) in [4.78, 5) is 27.4. The van der Waals surface area contributed by atoms with Gasteiger partial charge in [-0.15, -0.1) is 0 Å². The minimum absolute atomic E-state index is 0.0251. The maximum absolute atomic E-state index is 12.8. The Morgan fingerprint density at radius 3 is 2.77 bits per heavy atom. The first-order valence-corrected chi connectivity index (χ1v) is 8.89. The first-order chi connectivity index (χ1) is 12.6. The van der Waals surface area contributed by atoms with E-state index in [4.69, 9.17) is 0 Å². The van der Waals surface area contributed by atoms with Gasteiger partial charge in [0.1, 0.15) is 12.4 Å². The fraction of sp³-hybridized carbons (Fsp3) is 0.444. The van der Waals surface area contributed by atoms with Gasteiger partial charge in [-0.1, -0.05) is 12.1 Å². The molecule has 4 rings (SSSR count). The number of amides is 1. The number of rotatable bonds is 4. The lowest BCUT2D eigenvalue weighted by molar-refractivity contribution is -0.385. The number of carbonyl (C=O) groups is 1. The van der Waals surface area contributed by atoms with Crippen LogP contribution < -0.4 is 0 Å². The number of aromatic nitrogens is 2. The number of carbonyl (C=O) groups excluding carboxylic acids is 1. The average molecular weight is 355 g/mol. The predicted molar refractivity (Wildman–Crippen MR) is 94.9 cm³/mol. The molecule has 136 valence electrons. The van der Waals surface area contributed by atoms with E-state index < -0.39 is 4.92 Å². The van der Waals surface area contributed by atoms with Crippen LogP contribution in [0.3, 0.4) is 0 Å². The lowest BCUT2D eigenvalue weighted by atomic mass is 10.1. The summed E-state index contributed by atoms with van der Waals surface area (Å²) in [6.07, 6.45) is 5.05. The number of nitrogens with zero attached hydrogens (tertiary/aromatic N) is 5. The highest BCUT2D eigenvalue weighted by Crippen LogP contribution is 2.22. The Hall–Kier alpha value is -2.74. The van der Waals surface area contributed by atoms with Crippen LogP contribution in [-0.4, -0.2) is 62.6 Å². The lowest BCUT2D eigenvalue weighted by Crippen LogP contribution is -2.52. The van der Waals surface area contributed by atoms with Crippen molar-refractivity contribution in [2.24, 2.45) is 0 Å². The molecule has 0 radical (unpaired) electrons. The topological polar surface area (TPSA) is 84.5 Å². The summed E-state index contributed by atoms with van der Waals surface area (Å²) in [6.45, 7) is 4.16. The average Bonchev–Trinajstić information content (AvgIpc) is 3.30. The van der Waals surface area contributed by atoms with Gasteiger partial charge in [0.05, 0.1) is 11.5 Å². The van der Waals surface area contributed by atoms with Crippen molar-refractivity contribution in [2.45, 2.75) is 25.4 Å². The third-order valence-corrected chi connectivity index (χ3v) is 5.25. The van der Waals surface area contributed by atoms with Crippen LogP contribution in [0.15, 0.2) is 36.7 Å². The molecule has 1 amide bonds. The van der Waals surface area contributed by atoms with Crippen LogP contribution in [0.5, 0.6) is 0 Å². The summed E-state index contributed by atoms with van der Waals surface area (Å²) in [5, 5.41) is 14.7. The Balaban J connectivity index is 1.40. The van der Waals surface area contributed by atoms with E-state index in [9.17, 15) is 14.9 Å². The van der Waals surface area contributed by atoms with E-state index in [0.29, 0.717) is 18.2 Å². The van der Waals surface area contributed by atoms with Crippen LogP contribution in [0, 0.1) is 10.1 Å². The molecule has 1 unspecified atom stereocenters. The summed E-state index contributed by atoms with van der Waals surface area (Å²) in [5.74, 6) is 0.0813. The highest BCUT2D eigenvalue weighted by Gasteiger charge is 2.32. The predicted octanol–water partition coefficient (Wildman–Crippen LogP) is 1.76. The first-order valence-electron chi connectivity index (χ1n) is 8.89. The molecule has 2 aromatic rings. The fourth-order valence-corrected chi connectivity index (χ4v) is 3.83. The summed E-state index contributed by atoms with van der Waals surface area (Å²) in [7, 11) is 0. The quantitative estimate of drug-likeness (QED) is 0.616. The Bertz CT molecular complexity index is 816. The lowest BCUT2D eigenvalue weighted by Gasteiger charge is -2.37. The summed E-state index contributed by atoms with van der Waals surface area (Å²) in [6, 6.07) is 7.94. The summed E-state index contributed by atoms with van der Waals surface area (Å²) in [5.41, 5.74) is 1.61. The zero-order valence-electron chi connectivity index (χ0n) is 14.5. The van der Waals surface area contributed by atoms with Crippen LogP contribution in [0.4, 0.5) is 5.69 Å². The highest BCUT2D eigenvalue weighted by molar-refractivity contribution is 5.94. The fourth-order valence-electron chi connectivity index (χ4n) is 3.83. The van der Waals surface area contributed by atoms with E-state index in [2.05, 4.69) is 10.00 Å². The van der Waals surface area contributed by atoms with Gasteiger partial charge < -0.3 is 4.90 Å². The van der Waals surface area contributed by atoms with Crippen molar-refractivity contribution in [1.29, 1.82) is 0 Å². The smallest absolute Gasteiger partial charge is 0.307 e. The number of hydrogen-bond donors (Lipinski definition) is 0. The third-order valence-electron chi connectivity index (χ3n) is 5.25. The molecular weight excluding hydrogens is 334 g/mol. The van der Waals surface area contributed by atoms with Gasteiger partial charge in [-0.2, -0.15) is 5.10 Å². The van der Waals surface area contributed by atoms with Crippen molar-refractivity contribution in [2.75, 3.05) is 26.2 Å². The van der Waals surface area contributed by atoms with Crippen molar-refractivity contribution in [3.63, 3.8) is 0 Å². The monoisotopic (exact) mass is 355 g/mol. The minimum Gasteiger partial charge on any atom is -0.336 e. The molecule has 0 saturated carbocycles. The molecule has 1 aromatic carbocycles. The Kier molecular flexibility index (Phi) is 4.42. The maximum Gasteiger partial charge on any atom is 0.307 e. The molecule has 1 aromatic heterocycles. The molecule has 1 atom stereocenters. The van der Waals surface area contributed by atoms with E-state index in [1.54, 1.807) is 0 Å². The van der Waals surface area contributed by atoms with E-state index in [-0.39, 0.29) is 11.6 Å². The van der Waals surface area contributed by atoms with Crippen LogP contribution in [-0.2, 0) is 6.54 Å². The van der Waals surface area contributed by atoms with Gasteiger partial charge in [0.25, 0.3) is 5.91 Å². The summed E-state index contributed by atoms with van der Waals surface area (Å²) >= 11 is 0. The van der Waals surface area contributed by atoms with Crippen molar-refractivity contribution < 1.29 is 9.72 Å². The number of benzene rings is 1. The first kappa shape index (κ1) is 16.7. The largest absolute Gasteiger partial charge is 0.336 e. The molecule has 2 aliphatic rings. The second-order valence-electron chi connectivity index (χ2n) is 6.93. The van der Waals surface area contributed by atoms with Crippen molar-refractivity contribution >= 4 is 11.6 Å². The molecule has 2 saturated heterocycles. The Morgan fingerprint density at radius 1 is 1.23 bits per heavy atom. The number of fused-ring (bicyclic) bond motifs is 1. The van der Waals surface area contributed by atoms with Gasteiger partial charge >= 0.3 is 5.69 Å². The van der Waals surface area contributed by atoms with Crippen molar-refractivity contribution in [1.82, 2.24) is 19.6 Å². The van der Waals surface area contributed by atoms with E-state index in [1.165, 1.54) is 29.9 Å². The number of piperazine rings is 1. The number of hydrogen-bond acceptors (Lipinski definition) is 5. The molecule has 2 fully saturated rings. The standard InChI is InChI=1S/C18H21N5O3/c24-18(21-9-8-20-7-1-2-16(20)12-21)15-5-3-14(4-6-15)11-22-13-17(10-19-22)23(25)26/h3-6,10,13,16H,1-2,7-9,11-12H2. The Labute approximate surface area is 151 Å². The van der Waals surface area contributed by atoms with Gasteiger partial charge in [0.2, 0.25) is 0 Å². The molecule has 0 N–H and O–H groups in total. The van der Waals surface area contributed by atoms with E-state index in [1.807, 2.05) is 29.2 Å². The Morgan fingerprint density at radius 2 is 2.04 bits per heavy atom. The zero-order chi connectivity index (χ0) is 18.1. The normalized spacial score (nSPS) is 20.2. The highest BCUT2D eigenvalue weighted by atomic mass is 16.6. The molecule has 26 heavy (non-hydrogen) atoms. The van der Waals surface area contributed by atoms with Crippen LogP contribution in [0.25, 0.3) is 0 Å². The second-order valence-corrected chi connectivity index (χ2v) is 6.93. The molecule has 3 heterocycles. The van der Waals surface area contributed by atoms with Crippen LogP contribution in [0.1, 0.15) is 28.8 Å². The summed E-state index contributed by atoms with van der Waals surface area (Å²) < 4.78 is 1.52. The van der Waals surface area contributed by atoms with Gasteiger partial charge in [-0.25, -0.2) is 0 Å². The molecule has 0 bridgehead atoms. The van der Waals surface area contributed by atoms with Crippen LogP contribution >= 0.6 is 0 Å². The van der Waals surface area contributed by atoms with Crippen LogP contribution in [0.2, 0.25) is 0 Å². The molecular formula is C18H21N5O3. The second kappa shape index (κ2) is 6.87. The van der Waals surface area contributed by atoms with Gasteiger partial charge in [-0.05, 0) is 37.1 Å². The van der Waals surface area contributed by atoms with Crippen molar-refractivity contribution in [3.05, 3.63) is 57.9 Å². The minimum atomic E-state index is -0.463. The molecule has 8 heteroatoms. The number of nitro groups is 1. The van der Waals surface area contributed by atoms with Gasteiger partial charge in [0.15, 0.2) is 0 Å². The van der Waals surface area contributed by atoms with Gasteiger partial charge in [0, 0.05) is 31.2 Å². The maximum atomic E-state index is 12.8. The van der Waals surface area contributed by atoms with E-state index in [0.717, 1.165) is 31.7 Å². The molecule has 2 aliphatic heterocycles. The zero-order valence-corrected chi connectivity index (χ0v) is 14.5. The van der Waals surface area contributed by atoms with Crippen molar-refractivity contribution in [3.8, 4) is 0 Å². The molecule has 0 spiro atoms. The van der Waals surface area contributed by atoms with Gasteiger partial charge in [-0.3, -0.25) is 24.5 Å². The molecule has 0 aliphatic carbocycles. The van der Waals surface area contributed by atoms with E-state index >= 15 is 0 Å². The third kappa shape index (κ3) is 3.32.